The fourth-order valence-electron chi connectivity index (χ4n) is 1.53. The topological polar surface area (TPSA) is 34.1 Å². The van der Waals surface area contributed by atoms with Gasteiger partial charge in [0.15, 0.2) is 0 Å². The molecule has 0 aliphatic carbocycles. The van der Waals surface area contributed by atoms with E-state index in [1.54, 1.807) is 12.4 Å². The van der Waals surface area contributed by atoms with E-state index in [0.29, 0.717) is 6.04 Å². The van der Waals surface area contributed by atoms with Crippen molar-refractivity contribution in [1.29, 1.82) is 0 Å². The largest absolute Gasteiger partial charge is 0.490 e. The summed E-state index contributed by atoms with van der Waals surface area (Å²) in [6.45, 7) is 1.88. The molecule has 1 aliphatic heterocycles. The zero-order valence-electron chi connectivity index (χ0n) is 7.98. The third-order valence-electron chi connectivity index (χ3n) is 2.25. The Labute approximate surface area is 90.3 Å². The van der Waals surface area contributed by atoms with Crippen LogP contribution in [0.5, 0.6) is 5.75 Å². The monoisotopic (exact) mass is 214 g/mol. The molecule has 0 bridgehead atoms. The zero-order valence-corrected chi connectivity index (χ0v) is 8.80. The minimum absolute atomic E-state index is 0. The minimum atomic E-state index is 0. The first kappa shape index (κ1) is 11.3. The number of ether oxygens (including phenoxy) is 1. The maximum absolute atomic E-state index is 5.56. The van der Waals surface area contributed by atoms with Gasteiger partial charge >= 0.3 is 0 Å². The van der Waals surface area contributed by atoms with Crippen LogP contribution in [0.15, 0.2) is 24.5 Å². The molecule has 1 aliphatic rings. The molecule has 1 N–H and O–H groups in total. The van der Waals surface area contributed by atoms with Crippen molar-refractivity contribution in [3.63, 3.8) is 0 Å². The van der Waals surface area contributed by atoms with E-state index in [2.05, 4.69) is 10.3 Å². The summed E-state index contributed by atoms with van der Waals surface area (Å²) >= 11 is 0. The Morgan fingerprint density at radius 3 is 3.14 bits per heavy atom. The van der Waals surface area contributed by atoms with Gasteiger partial charge in [-0.25, -0.2) is 0 Å². The molecule has 0 saturated carbocycles. The summed E-state index contributed by atoms with van der Waals surface area (Å²) in [4.78, 5) is 3.98. The van der Waals surface area contributed by atoms with E-state index >= 15 is 0 Å². The molecule has 1 saturated heterocycles. The van der Waals surface area contributed by atoms with Crippen LogP contribution < -0.4 is 10.1 Å². The van der Waals surface area contributed by atoms with Crippen molar-refractivity contribution in [3.05, 3.63) is 24.5 Å². The molecule has 1 aromatic heterocycles. The van der Waals surface area contributed by atoms with Crippen LogP contribution in [0.25, 0.3) is 0 Å². The summed E-state index contributed by atoms with van der Waals surface area (Å²) in [7, 11) is 0. The van der Waals surface area contributed by atoms with Gasteiger partial charge < -0.3 is 10.1 Å². The SMILES string of the molecule is Cl.c1cncc(OC[C@H]2CCCN2)c1. The first-order valence-electron chi connectivity index (χ1n) is 4.71. The molecule has 3 nitrogen and oxygen atoms in total. The highest BCUT2D eigenvalue weighted by molar-refractivity contribution is 5.85. The standard InChI is InChI=1S/C10H14N2O.ClH/c1-3-9(12-6-1)8-13-10-4-2-5-11-7-10;/h2,4-5,7,9,12H,1,3,6,8H2;1H/t9-;/m1./s1. The summed E-state index contributed by atoms with van der Waals surface area (Å²) in [5.74, 6) is 0.858. The van der Waals surface area contributed by atoms with Crippen LogP contribution >= 0.6 is 12.4 Å². The Hall–Kier alpha value is -0.800. The maximum Gasteiger partial charge on any atom is 0.137 e. The number of hydrogen-bond acceptors (Lipinski definition) is 3. The smallest absolute Gasteiger partial charge is 0.137 e. The lowest BCUT2D eigenvalue weighted by Gasteiger charge is -2.11. The van der Waals surface area contributed by atoms with Crippen molar-refractivity contribution < 1.29 is 4.74 Å². The van der Waals surface area contributed by atoms with Crippen LogP contribution in [-0.4, -0.2) is 24.2 Å². The lowest BCUT2D eigenvalue weighted by molar-refractivity contribution is 0.276. The number of nitrogens with one attached hydrogen (secondary N) is 1. The molecule has 2 rings (SSSR count). The third kappa shape index (κ3) is 3.16. The van der Waals surface area contributed by atoms with E-state index in [9.17, 15) is 0 Å². The molecule has 0 aromatic carbocycles. The Morgan fingerprint density at radius 1 is 1.57 bits per heavy atom. The van der Waals surface area contributed by atoms with Gasteiger partial charge in [0.05, 0.1) is 6.20 Å². The van der Waals surface area contributed by atoms with Crippen molar-refractivity contribution >= 4 is 12.4 Å². The van der Waals surface area contributed by atoms with Gasteiger partial charge in [0.1, 0.15) is 12.4 Å². The third-order valence-corrected chi connectivity index (χ3v) is 2.25. The van der Waals surface area contributed by atoms with Gasteiger partial charge in [0.25, 0.3) is 0 Å². The van der Waals surface area contributed by atoms with Gasteiger partial charge in [-0.05, 0) is 31.5 Å². The molecule has 0 amide bonds. The lowest BCUT2D eigenvalue weighted by Crippen LogP contribution is -2.28. The highest BCUT2D eigenvalue weighted by Crippen LogP contribution is 2.10. The molecule has 0 spiro atoms. The second kappa shape index (κ2) is 5.83. The van der Waals surface area contributed by atoms with Crippen molar-refractivity contribution in [3.8, 4) is 5.75 Å². The molecule has 1 fully saturated rings. The normalized spacial score (nSPS) is 20.1. The van der Waals surface area contributed by atoms with Crippen LogP contribution in [0.1, 0.15) is 12.8 Å². The Bertz CT molecular complexity index is 250. The van der Waals surface area contributed by atoms with E-state index in [-0.39, 0.29) is 12.4 Å². The number of rotatable bonds is 3. The second-order valence-electron chi connectivity index (χ2n) is 3.29. The number of halogens is 1. The molecule has 0 radical (unpaired) electrons. The first-order chi connectivity index (χ1) is 6.45. The van der Waals surface area contributed by atoms with Gasteiger partial charge in [0.2, 0.25) is 0 Å². The lowest BCUT2D eigenvalue weighted by atomic mass is 10.2. The summed E-state index contributed by atoms with van der Waals surface area (Å²) in [6.07, 6.45) is 5.98. The van der Waals surface area contributed by atoms with Crippen LogP contribution in [-0.2, 0) is 0 Å². The summed E-state index contributed by atoms with van der Waals surface area (Å²) in [6, 6.07) is 4.35. The highest BCUT2D eigenvalue weighted by Gasteiger charge is 2.13. The average molecular weight is 215 g/mol. The fraction of sp³-hybridized carbons (Fsp3) is 0.500. The molecule has 1 atom stereocenters. The highest BCUT2D eigenvalue weighted by atomic mass is 35.5. The van der Waals surface area contributed by atoms with E-state index in [0.717, 1.165) is 18.9 Å². The van der Waals surface area contributed by atoms with Crippen molar-refractivity contribution in [2.45, 2.75) is 18.9 Å². The Morgan fingerprint density at radius 2 is 2.50 bits per heavy atom. The minimum Gasteiger partial charge on any atom is -0.490 e. The summed E-state index contributed by atoms with van der Waals surface area (Å²) in [5, 5.41) is 3.38. The second-order valence-corrected chi connectivity index (χ2v) is 3.29. The molecule has 78 valence electrons. The Kier molecular flexibility index (Phi) is 4.70. The summed E-state index contributed by atoms with van der Waals surface area (Å²) < 4.78 is 5.56. The van der Waals surface area contributed by atoms with Gasteiger partial charge in [-0.1, -0.05) is 0 Å². The average Bonchev–Trinajstić information content (AvgIpc) is 2.69. The van der Waals surface area contributed by atoms with E-state index in [1.165, 1.54) is 12.8 Å². The molecule has 14 heavy (non-hydrogen) atoms. The quantitative estimate of drug-likeness (QED) is 0.831. The van der Waals surface area contributed by atoms with Crippen LogP contribution in [0.2, 0.25) is 0 Å². The van der Waals surface area contributed by atoms with Gasteiger partial charge in [-0.2, -0.15) is 0 Å². The van der Waals surface area contributed by atoms with E-state index in [4.69, 9.17) is 4.74 Å². The van der Waals surface area contributed by atoms with Crippen LogP contribution in [0, 0.1) is 0 Å². The van der Waals surface area contributed by atoms with Crippen LogP contribution in [0.3, 0.4) is 0 Å². The molecule has 2 heterocycles. The summed E-state index contributed by atoms with van der Waals surface area (Å²) in [5.41, 5.74) is 0. The van der Waals surface area contributed by atoms with Crippen LogP contribution in [0.4, 0.5) is 0 Å². The van der Waals surface area contributed by atoms with Gasteiger partial charge in [-0.15, -0.1) is 12.4 Å². The molecular weight excluding hydrogens is 200 g/mol. The van der Waals surface area contributed by atoms with Gasteiger partial charge in [0, 0.05) is 12.2 Å². The van der Waals surface area contributed by atoms with Gasteiger partial charge in [-0.3, -0.25) is 4.98 Å². The number of aromatic nitrogens is 1. The predicted octanol–water partition coefficient (Wildman–Crippen LogP) is 1.63. The number of pyridine rings is 1. The zero-order chi connectivity index (χ0) is 8.93. The fourth-order valence-corrected chi connectivity index (χ4v) is 1.53. The molecular formula is C10H15ClN2O. The molecule has 4 heteroatoms. The predicted molar refractivity (Wildman–Crippen MR) is 58.0 cm³/mol. The molecule has 1 aromatic rings. The first-order valence-corrected chi connectivity index (χ1v) is 4.71. The van der Waals surface area contributed by atoms with Crippen molar-refractivity contribution in [1.82, 2.24) is 10.3 Å². The number of nitrogens with zero attached hydrogens (tertiary/aromatic N) is 1. The van der Waals surface area contributed by atoms with Crippen molar-refractivity contribution in [2.24, 2.45) is 0 Å². The van der Waals surface area contributed by atoms with Crippen molar-refractivity contribution in [2.75, 3.05) is 13.2 Å². The maximum atomic E-state index is 5.56. The van der Waals surface area contributed by atoms with E-state index < -0.39 is 0 Å². The van der Waals surface area contributed by atoms with E-state index in [1.807, 2.05) is 12.1 Å². The number of hydrogen-bond donors (Lipinski definition) is 1. The molecule has 0 unspecified atom stereocenters. The Balaban J connectivity index is 0.000000980.